The molecule has 1 unspecified atom stereocenters. The molecule has 0 saturated carbocycles. The molecule has 0 aromatic heterocycles. The van der Waals surface area contributed by atoms with Crippen LogP contribution < -0.4 is 0 Å². The fourth-order valence-electron chi connectivity index (χ4n) is 2.68. The van der Waals surface area contributed by atoms with Gasteiger partial charge in [0.2, 0.25) is 0 Å². The Balaban J connectivity index is 0.00000106. The molecule has 0 heteroatoms. The zero-order valence-electron chi connectivity index (χ0n) is 14.5. The molecule has 0 saturated heterocycles. The van der Waals surface area contributed by atoms with E-state index in [-0.39, 0.29) is 0 Å². The summed E-state index contributed by atoms with van der Waals surface area (Å²) in [6.45, 7) is 12.9. The highest BCUT2D eigenvalue weighted by Gasteiger charge is 2.12. The van der Waals surface area contributed by atoms with Crippen LogP contribution in [-0.2, 0) is 6.42 Å². The van der Waals surface area contributed by atoms with Crippen LogP contribution in [0.2, 0.25) is 0 Å². The van der Waals surface area contributed by atoms with Gasteiger partial charge in [-0.25, -0.2) is 0 Å². The Labute approximate surface area is 131 Å². The van der Waals surface area contributed by atoms with E-state index in [1.165, 1.54) is 27.8 Å². The maximum absolute atomic E-state index is 2.36. The summed E-state index contributed by atoms with van der Waals surface area (Å²) in [4.78, 5) is 0. The summed E-state index contributed by atoms with van der Waals surface area (Å²) in [5.41, 5.74) is 7.09. The van der Waals surface area contributed by atoms with Gasteiger partial charge in [-0.3, -0.25) is 0 Å². The number of aryl methyl sites for hydroxylation is 3. The number of benzene rings is 2. The van der Waals surface area contributed by atoms with E-state index < -0.39 is 0 Å². The molecule has 1 atom stereocenters. The number of hydrogen-bond acceptors (Lipinski definition) is 0. The van der Waals surface area contributed by atoms with Crippen LogP contribution in [0.15, 0.2) is 42.5 Å². The van der Waals surface area contributed by atoms with Gasteiger partial charge in [-0.2, -0.15) is 0 Å². The summed E-state index contributed by atoms with van der Waals surface area (Å²) in [5, 5.41) is 0. The van der Waals surface area contributed by atoms with E-state index in [1.54, 1.807) is 0 Å². The first kappa shape index (κ1) is 17.5. The molecule has 0 bridgehead atoms. The third kappa shape index (κ3) is 4.46. The molecule has 0 radical (unpaired) electrons. The molecule has 2 aromatic rings. The minimum Gasteiger partial charge on any atom is -0.0683 e. The van der Waals surface area contributed by atoms with E-state index in [0.717, 1.165) is 12.8 Å². The Hall–Kier alpha value is -1.56. The fraction of sp³-hybridized carbons (Fsp3) is 0.429. The van der Waals surface area contributed by atoms with Gasteiger partial charge < -0.3 is 0 Å². The molecular weight excluding hydrogens is 252 g/mol. The van der Waals surface area contributed by atoms with Gasteiger partial charge in [-0.05, 0) is 54.5 Å². The van der Waals surface area contributed by atoms with Crippen molar-refractivity contribution < 1.29 is 0 Å². The van der Waals surface area contributed by atoms with Gasteiger partial charge in [-0.1, -0.05) is 70.2 Å². The molecule has 0 nitrogen and oxygen atoms in total. The fourth-order valence-corrected chi connectivity index (χ4v) is 2.68. The van der Waals surface area contributed by atoms with E-state index >= 15 is 0 Å². The van der Waals surface area contributed by atoms with Crippen molar-refractivity contribution in [2.45, 2.75) is 60.3 Å². The summed E-state index contributed by atoms with van der Waals surface area (Å²) in [6, 6.07) is 15.9. The summed E-state index contributed by atoms with van der Waals surface area (Å²) < 4.78 is 0. The summed E-state index contributed by atoms with van der Waals surface area (Å²) in [5.74, 6) is 0.519. The van der Waals surface area contributed by atoms with Crippen LogP contribution in [0.25, 0.3) is 0 Å². The standard InChI is InChI=1S/C19H24.C2H6/c1-5-16-8-7-9-17(13-16)19(6-2)18-11-10-14(3)15(4)12-18;1-2/h7-13,19H,5-6H2,1-4H3;1-2H3. The topological polar surface area (TPSA) is 0 Å². The van der Waals surface area contributed by atoms with Crippen molar-refractivity contribution in [1.82, 2.24) is 0 Å². The van der Waals surface area contributed by atoms with E-state index in [2.05, 4.69) is 70.2 Å². The third-order valence-corrected chi connectivity index (χ3v) is 4.10. The van der Waals surface area contributed by atoms with Gasteiger partial charge in [0.1, 0.15) is 0 Å². The molecule has 0 heterocycles. The smallest absolute Gasteiger partial charge is 0.00869 e. The van der Waals surface area contributed by atoms with Gasteiger partial charge >= 0.3 is 0 Å². The summed E-state index contributed by atoms with van der Waals surface area (Å²) in [7, 11) is 0. The highest BCUT2D eigenvalue weighted by Crippen LogP contribution is 2.29. The van der Waals surface area contributed by atoms with E-state index in [9.17, 15) is 0 Å². The Morgan fingerprint density at radius 3 is 2.05 bits per heavy atom. The van der Waals surface area contributed by atoms with E-state index in [0.29, 0.717) is 5.92 Å². The van der Waals surface area contributed by atoms with Crippen molar-refractivity contribution in [3.8, 4) is 0 Å². The van der Waals surface area contributed by atoms with E-state index in [4.69, 9.17) is 0 Å². The maximum atomic E-state index is 2.36. The average molecular weight is 282 g/mol. The maximum Gasteiger partial charge on any atom is 0.00869 e. The van der Waals surface area contributed by atoms with Crippen LogP contribution in [-0.4, -0.2) is 0 Å². The first-order valence-electron chi connectivity index (χ1n) is 8.31. The lowest BCUT2D eigenvalue weighted by atomic mass is 9.87. The molecule has 0 fully saturated rings. The van der Waals surface area contributed by atoms with Crippen LogP contribution >= 0.6 is 0 Å². The van der Waals surface area contributed by atoms with Crippen LogP contribution in [0.5, 0.6) is 0 Å². The molecule has 0 aliphatic carbocycles. The van der Waals surface area contributed by atoms with Gasteiger partial charge in [0.25, 0.3) is 0 Å². The molecule has 2 rings (SSSR count). The molecule has 0 aliphatic heterocycles. The highest BCUT2D eigenvalue weighted by atomic mass is 14.2. The average Bonchev–Trinajstić information content (AvgIpc) is 2.54. The Kier molecular flexibility index (Phi) is 7.22. The monoisotopic (exact) mass is 282 g/mol. The van der Waals surface area contributed by atoms with Crippen LogP contribution in [0, 0.1) is 13.8 Å². The van der Waals surface area contributed by atoms with Gasteiger partial charge in [0.15, 0.2) is 0 Å². The molecule has 0 N–H and O–H groups in total. The van der Waals surface area contributed by atoms with Crippen molar-refractivity contribution in [3.63, 3.8) is 0 Å². The quantitative estimate of drug-likeness (QED) is 0.605. The highest BCUT2D eigenvalue weighted by molar-refractivity contribution is 5.38. The molecule has 21 heavy (non-hydrogen) atoms. The second-order valence-electron chi connectivity index (χ2n) is 5.40. The first-order chi connectivity index (χ1) is 10.2. The largest absolute Gasteiger partial charge is 0.0683 e. The zero-order valence-corrected chi connectivity index (χ0v) is 14.5. The molecule has 0 spiro atoms. The zero-order chi connectivity index (χ0) is 15.8. The van der Waals surface area contributed by atoms with Crippen molar-refractivity contribution >= 4 is 0 Å². The second-order valence-corrected chi connectivity index (χ2v) is 5.40. The lowest BCUT2D eigenvalue weighted by Crippen LogP contribution is -2.01. The predicted octanol–water partition coefficient (Wildman–Crippen LogP) is 6.43. The Bertz CT molecular complexity index is 552. The lowest BCUT2D eigenvalue weighted by molar-refractivity contribution is 0.774. The van der Waals surface area contributed by atoms with Crippen molar-refractivity contribution in [2.24, 2.45) is 0 Å². The number of rotatable bonds is 4. The lowest BCUT2D eigenvalue weighted by Gasteiger charge is -2.18. The van der Waals surface area contributed by atoms with Crippen molar-refractivity contribution in [1.29, 1.82) is 0 Å². The minimum absolute atomic E-state index is 0.519. The first-order valence-corrected chi connectivity index (χ1v) is 8.31. The Morgan fingerprint density at radius 2 is 1.48 bits per heavy atom. The molecule has 0 aliphatic rings. The third-order valence-electron chi connectivity index (χ3n) is 4.10. The van der Waals surface area contributed by atoms with Crippen molar-refractivity contribution in [2.75, 3.05) is 0 Å². The molecule has 0 amide bonds. The van der Waals surface area contributed by atoms with Crippen LogP contribution in [0.4, 0.5) is 0 Å². The van der Waals surface area contributed by atoms with E-state index in [1.807, 2.05) is 13.8 Å². The van der Waals surface area contributed by atoms with Crippen LogP contribution in [0.3, 0.4) is 0 Å². The summed E-state index contributed by atoms with van der Waals surface area (Å²) >= 11 is 0. The molecular formula is C21H30. The number of hydrogen-bond donors (Lipinski definition) is 0. The second kappa shape index (κ2) is 8.67. The molecule has 2 aromatic carbocycles. The normalized spacial score (nSPS) is 11.5. The Morgan fingerprint density at radius 1 is 0.810 bits per heavy atom. The minimum atomic E-state index is 0.519. The predicted molar refractivity (Wildman–Crippen MR) is 95.2 cm³/mol. The summed E-state index contributed by atoms with van der Waals surface area (Å²) in [6.07, 6.45) is 2.26. The van der Waals surface area contributed by atoms with Gasteiger partial charge in [-0.15, -0.1) is 0 Å². The SMILES string of the molecule is CC.CCc1cccc(C(CC)c2ccc(C)c(C)c2)c1. The van der Waals surface area contributed by atoms with Gasteiger partial charge in [0, 0.05) is 5.92 Å². The molecule has 114 valence electrons. The van der Waals surface area contributed by atoms with Gasteiger partial charge in [0.05, 0.1) is 0 Å². The van der Waals surface area contributed by atoms with Crippen LogP contribution in [0.1, 0.15) is 67.9 Å². The van der Waals surface area contributed by atoms with Crippen molar-refractivity contribution in [3.05, 3.63) is 70.3 Å².